The van der Waals surface area contributed by atoms with E-state index in [1.807, 2.05) is 0 Å². The van der Waals surface area contributed by atoms with Crippen LogP contribution >= 0.6 is 0 Å². The molecule has 0 unspecified atom stereocenters. The van der Waals surface area contributed by atoms with Gasteiger partial charge in [0.2, 0.25) is 5.60 Å². The van der Waals surface area contributed by atoms with E-state index in [9.17, 15) is 19.1 Å². The fraction of sp³-hybridized carbons (Fsp3) is 0.278. The fourth-order valence-corrected chi connectivity index (χ4v) is 3.02. The van der Waals surface area contributed by atoms with Gasteiger partial charge in [-0.05, 0) is 24.3 Å². The van der Waals surface area contributed by atoms with Crippen LogP contribution in [0.2, 0.25) is 0 Å². The average Bonchev–Trinajstić information content (AvgIpc) is 2.64. The minimum Gasteiger partial charge on any atom is -0.478 e. The molecule has 0 aliphatic carbocycles. The van der Waals surface area contributed by atoms with E-state index in [4.69, 9.17) is 10.5 Å². The standard InChI is InChI=1S/C18H18FN3O4/c19-13-5-1-2-6-14(13)26-18(17(24)25)7-10-22(11-8-18)16-12(15(20)23)4-3-9-21-16/h1-6,9H,7-8,10-11H2,(H2,20,23)(H,24,25). The lowest BCUT2D eigenvalue weighted by Gasteiger charge is -2.39. The molecule has 1 saturated heterocycles. The van der Waals surface area contributed by atoms with Crippen molar-refractivity contribution >= 4 is 17.7 Å². The minimum atomic E-state index is -1.54. The molecule has 3 rings (SSSR count). The molecule has 8 heteroatoms. The van der Waals surface area contributed by atoms with Crippen LogP contribution in [0.25, 0.3) is 0 Å². The maximum atomic E-state index is 13.9. The number of rotatable bonds is 5. The van der Waals surface area contributed by atoms with Crippen LogP contribution < -0.4 is 15.4 Å². The third kappa shape index (κ3) is 3.30. The summed E-state index contributed by atoms with van der Waals surface area (Å²) in [7, 11) is 0. The van der Waals surface area contributed by atoms with Crippen molar-refractivity contribution in [3.05, 3.63) is 54.0 Å². The van der Waals surface area contributed by atoms with Crippen molar-refractivity contribution in [2.75, 3.05) is 18.0 Å². The summed E-state index contributed by atoms with van der Waals surface area (Å²) in [6.07, 6.45) is 1.74. The first-order chi connectivity index (χ1) is 12.4. The van der Waals surface area contributed by atoms with Gasteiger partial charge in [0.1, 0.15) is 5.82 Å². The highest BCUT2D eigenvalue weighted by atomic mass is 19.1. The number of ether oxygens (including phenoxy) is 1. The van der Waals surface area contributed by atoms with Crippen molar-refractivity contribution in [3.63, 3.8) is 0 Å². The summed E-state index contributed by atoms with van der Waals surface area (Å²) in [6, 6.07) is 8.88. The molecular weight excluding hydrogens is 341 g/mol. The molecule has 7 nitrogen and oxygen atoms in total. The van der Waals surface area contributed by atoms with Crippen molar-refractivity contribution in [1.82, 2.24) is 4.98 Å². The van der Waals surface area contributed by atoms with E-state index in [-0.39, 0.29) is 37.2 Å². The zero-order chi connectivity index (χ0) is 18.7. The van der Waals surface area contributed by atoms with Gasteiger partial charge in [-0.3, -0.25) is 4.79 Å². The van der Waals surface area contributed by atoms with Crippen molar-refractivity contribution < 1.29 is 23.8 Å². The second kappa shape index (κ2) is 6.99. The van der Waals surface area contributed by atoms with Gasteiger partial charge in [-0.2, -0.15) is 0 Å². The summed E-state index contributed by atoms with van der Waals surface area (Å²) in [4.78, 5) is 29.4. The van der Waals surface area contributed by atoms with Crippen molar-refractivity contribution in [3.8, 4) is 5.75 Å². The highest BCUT2D eigenvalue weighted by Crippen LogP contribution is 2.32. The van der Waals surface area contributed by atoms with Gasteiger partial charge in [0.15, 0.2) is 11.6 Å². The first-order valence-electron chi connectivity index (χ1n) is 8.10. The summed E-state index contributed by atoms with van der Waals surface area (Å²) in [6.45, 7) is 0.552. The van der Waals surface area contributed by atoms with E-state index in [0.717, 1.165) is 0 Å². The number of nitrogens with two attached hydrogens (primary N) is 1. The summed E-state index contributed by atoms with van der Waals surface area (Å²) in [5, 5.41) is 9.68. The van der Waals surface area contributed by atoms with E-state index < -0.39 is 23.3 Å². The number of nitrogens with zero attached hydrogens (tertiary/aromatic N) is 2. The first kappa shape index (κ1) is 17.7. The number of hydrogen-bond acceptors (Lipinski definition) is 5. The number of carboxylic acids is 1. The monoisotopic (exact) mass is 359 g/mol. The van der Waals surface area contributed by atoms with Gasteiger partial charge in [-0.25, -0.2) is 14.2 Å². The summed E-state index contributed by atoms with van der Waals surface area (Å²) in [5.41, 5.74) is 4.10. The number of carbonyl (C=O) groups excluding carboxylic acids is 1. The molecule has 1 fully saturated rings. The minimum absolute atomic E-state index is 0.0981. The van der Waals surface area contributed by atoms with Crippen LogP contribution in [0.3, 0.4) is 0 Å². The highest BCUT2D eigenvalue weighted by molar-refractivity contribution is 5.97. The number of pyridine rings is 1. The predicted octanol–water partition coefficient (Wildman–Crippen LogP) is 1.82. The second-order valence-corrected chi connectivity index (χ2v) is 6.06. The molecule has 3 N–H and O–H groups in total. The van der Waals surface area contributed by atoms with E-state index in [1.54, 1.807) is 23.1 Å². The quantitative estimate of drug-likeness (QED) is 0.844. The van der Waals surface area contributed by atoms with Crippen LogP contribution in [-0.4, -0.2) is 40.7 Å². The number of carboxylic acid groups (broad SMARTS) is 1. The molecule has 1 aromatic carbocycles. The lowest BCUT2D eigenvalue weighted by molar-refractivity contribution is -0.157. The zero-order valence-electron chi connectivity index (χ0n) is 13.9. The van der Waals surface area contributed by atoms with Crippen molar-refractivity contribution in [1.29, 1.82) is 0 Å². The number of benzene rings is 1. The Kier molecular flexibility index (Phi) is 4.75. The topological polar surface area (TPSA) is 106 Å². The van der Waals surface area contributed by atoms with Crippen molar-refractivity contribution in [2.24, 2.45) is 5.73 Å². The molecule has 136 valence electrons. The smallest absolute Gasteiger partial charge is 0.348 e. The molecule has 0 saturated carbocycles. The second-order valence-electron chi connectivity index (χ2n) is 6.06. The summed E-state index contributed by atoms with van der Waals surface area (Å²) < 4.78 is 19.5. The number of carbonyl (C=O) groups is 2. The largest absolute Gasteiger partial charge is 0.478 e. The molecule has 1 aliphatic heterocycles. The Hall–Kier alpha value is -3.16. The Morgan fingerprint density at radius 3 is 2.50 bits per heavy atom. The number of anilines is 1. The van der Waals surface area contributed by atoms with Crippen LogP contribution in [0, 0.1) is 5.82 Å². The number of primary amides is 1. The van der Waals surface area contributed by atoms with Gasteiger partial charge < -0.3 is 20.5 Å². The molecule has 0 bridgehead atoms. The molecule has 1 amide bonds. The molecule has 1 aliphatic rings. The molecule has 2 heterocycles. The van der Waals surface area contributed by atoms with E-state index >= 15 is 0 Å². The van der Waals surface area contributed by atoms with Crippen LogP contribution in [0.4, 0.5) is 10.2 Å². The fourth-order valence-electron chi connectivity index (χ4n) is 3.02. The van der Waals surface area contributed by atoms with E-state index in [0.29, 0.717) is 5.82 Å². The number of amides is 1. The van der Waals surface area contributed by atoms with Gasteiger partial charge >= 0.3 is 5.97 Å². The van der Waals surface area contributed by atoms with E-state index in [1.165, 1.54) is 24.4 Å². The van der Waals surface area contributed by atoms with Crippen LogP contribution in [0.15, 0.2) is 42.6 Å². The predicted molar refractivity (Wildman–Crippen MR) is 91.6 cm³/mol. The molecule has 0 radical (unpaired) electrons. The van der Waals surface area contributed by atoms with Crippen LogP contribution in [0.1, 0.15) is 23.2 Å². The van der Waals surface area contributed by atoms with Gasteiger partial charge in [0.25, 0.3) is 5.91 Å². The Morgan fingerprint density at radius 1 is 1.19 bits per heavy atom. The third-order valence-electron chi connectivity index (χ3n) is 4.45. The molecule has 1 aromatic heterocycles. The number of halogens is 1. The van der Waals surface area contributed by atoms with Crippen LogP contribution in [-0.2, 0) is 4.79 Å². The lowest BCUT2D eigenvalue weighted by atomic mass is 9.90. The molecule has 2 aromatic rings. The highest BCUT2D eigenvalue weighted by Gasteiger charge is 2.45. The zero-order valence-corrected chi connectivity index (χ0v) is 13.9. The van der Waals surface area contributed by atoms with Gasteiger partial charge in [0.05, 0.1) is 5.56 Å². The Morgan fingerprint density at radius 2 is 1.88 bits per heavy atom. The number of hydrogen-bond donors (Lipinski definition) is 2. The Bertz CT molecular complexity index is 835. The number of para-hydroxylation sites is 1. The van der Waals surface area contributed by atoms with Crippen LogP contribution in [0.5, 0.6) is 5.75 Å². The molecular formula is C18H18FN3O4. The Balaban J connectivity index is 1.81. The first-order valence-corrected chi connectivity index (χ1v) is 8.10. The Labute approximate surface area is 149 Å². The third-order valence-corrected chi connectivity index (χ3v) is 4.45. The molecule has 26 heavy (non-hydrogen) atoms. The summed E-state index contributed by atoms with van der Waals surface area (Å²) in [5.74, 6) is -2.07. The lowest BCUT2D eigenvalue weighted by Crippen LogP contribution is -2.53. The van der Waals surface area contributed by atoms with E-state index in [2.05, 4.69) is 4.98 Å². The molecule has 0 atom stereocenters. The number of aromatic nitrogens is 1. The maximum Gasteiger partial charge on any atom is 0.348 e. The van der Waals surface area contributed by atoms with Gasteiger partial charge in [-0.15, -0.1) is 0 Å². The van der Waals surface area contributed by atoms with Gasteiger partial charge in [-0.1, -0.05) is 12.1 Å². The van der Waals surface area contributed by atoms with Crippen molar-refractivity contribution in [2.45, 2.75) is 18.4 Å². The number of aliphatic carboxylic acids is 1. The van der Waals surface area contributed by atoms with Gasteiger partial charge in [0, 0.05) is 32.1 Å². The summed E-state index contributed by atoms with van der Waals surface area (Å²) >= 11 is 0. The SMILES string of the molecule is NC(=O)c1cccnc1N1CCC(Oc2ccccc2F)(C(=O)O)CC1. The normalized spacial score (nSPS) is 16.1. The maximum absolute atomic E-state index is 13.9. The molecule has 0 spiro atoms. The average molecular weight is 359 g/mol. The number of piperidine rings is 1.